The summed E-state index contributed by atoms with van der Waals surface area (Å²) in [4.78, 5) is 14.2. The molecular weight excluding hydrogens is 363 g/mol. The van der Waals surface area contributed by atoms with E-state index >= 15 is 0 Å². The van der Waals surface area contributed by atoms with Crippen molar-refractivity contribution in [1.29, 1.82) is 0 Å². The Morgan fingerprint density at radius 2 is 2.08 bits per heavy atom. The van der Waals surface area contributed by atoms with Crippen molar-refractivity contribution in [3.63, 3.8) is 0 Å². The van der Waals surface area contributed by atoms with Crippen molar-refractivity contribution in [2.24, 2.45) is 0 Å². The largest absolute Gasteiger partial charge is 0.416 e. The summed E-state index contributed by atoms with van der Waals surface area (Å²) >= 11 is 1.55. The molecule has 8 heteroatoms. The fourth-order valence-corrected chi connectivity index (χ4v) is 3.29. The Bertz CT molecular complexity index is 916. The van der Waals surface area contributed by atoms with E-state index in [9.17, 15) is 18.0 Å². The van der Waals surface area contributed by atoms with E-state index in [1.54, 1.807) is 30.2 Å². The van der Waals surface area contributed by atoms with Crippen molar-refractivity contribution in [1.82, 2.24) is 14.7 Å². The first kappa shape index (κ1) is 18.2. The van der Waals surface area contributed by atoms with E-state index in [2.05, 4.69) is 5.10 Å². The molecule has 26 heavy (non-hydrogen) atoms. The van der Waals surface area contributed by atoms with Crippen LogP contribution in [0.3, 0.4) is 0 Å². The zero-order chi connectivity index (χ0) is 18.9. The van der Waals surface area contributed by atoms with E-state index in [4.69, 9.17) is 0 Å². The number of alkyl halides is 3. The number of nitrogens with zero attached hydrogens (tertiary/aromatic N) is 3. The summed E-state index contributed by atoms with van der Waals surface area (Å²) in [5, 5.41) is 8.01. The van der Waals surface area contributed by atoms with Crippen molar-refractivity contribution in [2.45, 2.75) is 19.6 Å². The summed E-state index contributed by atoms with van der Waals surface area (Å²) in [6.45, 7) is 2.12. The molecule has 2 heterocycles. The first-order chi connectivity index (χ1) is 12.3. The third-order valence-corrected chi connectivity index (χ3v) is 4.74. The van der Waals surface area contributed by atoms with Crippen LogP contribution in [0.5, 0.6) is 0 Å². The molecule has 0 atom stereocenters. The number of hydrogen-bond donors (Lipinski definition) is 0. The van der Waals surface area contributed by atoms with Crippen LogP contribution >= 0.6 is 11.3 Å². The molecule has 1 amide bonds. The smallest absolute Gasteiger partial charge is 0.337 e. The molecule has 0 bridgehead atoms. The lowest BCUT2D eigenvalue weighted by atomic mass is 10.2. The summed E-state index contributed by atoms with van der Waals surface area (Å²) in [5.74, 6) is -0.230. The average molecular weight is 379 g/mol. The molecule has 0 N–H and O–H groups in total. The summed E-state index contributed by atoms with van der Waals surface area (Å²) < 4.78 is 40.1. The standard InChI is InChI=1S/C18H16F3N3OS/c1-12-16(17(25)23(2)10-13-6-7-26-11-13)9-22-24(12)15-5-3-4-14(8-15)18(19,20)21/h3-9,11H,10H2,1-2H3. The first-order valence-corrected chi connectivity index (χ1v) is 8.70. The lowest BCUT2D eigenvalue weighted by Crippen LogP contribution is -2.26. The number of hydrogen-bond acceptors (Lipinski definition) is 3. The lowest BCUT2D eigenvalue weighted by molar-refractivity contribution is -0.137. The molecule has 3 aromatic rings. The van der Waals surface area contributed by atoms with Gasteiger partial charge in [-0.15, -0.1) is 0 Å². The Hall–Kier alpha value is -2.61. The zero-order valence-corrected chi connectivity index (χ0v) is 14.9. The van der Waals surface area contributed by atoms with Crippen LogP contribution in [0.2, 0.25) is 0 Å². The molecule has 0 aliphatic rings. The number of aromatic nitrogens is 2. The summed E-state index contributed by atoms with van der Waals surface area (Å²) in [6.07, 6.45) is -3.04. The number of rotatable bonds is 4. The van der Waals surface area contributed by atoms with Gasteiger partial charge in [-0.1, -0.05) is 6.07 Å². The van der Waals surface area contributed by atoms with Gasteiger partial charge in [0, 0.05) is 13.6 Å². The Labute approximate surface area is 152 Å². The molecule has 2 aromatic heterocycles. The zero-order valence-electron chi connectivity index (χ0n) is 14.1. The molecule has 1 aromatic carbocycles. The fourth-order valence-electron chi connectivity index (χ4n) is 2.63. The van der Waals surface area contributed by atoms with Gasteiger partial charge in [0.1, 0.15) is 0 Å². The minimum Gasteiger partial charge on any atom is -0.337 e. The van der Waals surface area contributed by atoms with Crippen LogP contribution in [-0.4, -0.2) is 27.6 Å². The molecule has 3 rings (SSSR count). The van der Waals surface area contributed by atoms with Gasteiger partial charge in [0.15, 0.2) is 0 Å². The van der Waals surface area contributed by atoms with E-state index in [1.165, 1.54) is 23.0 Å². The molecule has 0 radical (unpaired) electrons. The van der Waals surface area contributed by atoms with E-state index < -0.39 is 11.7 Å². The Balaban J connectivity index is 1.87. The number of carbonyl (C=O) groups excluding carboxylic acids is 1. The summed E-state index contributed by atoms with van der Waals surface area (Å²) in [5.41, 5.74) is 1.38. The SMILES string of the molecule is Cc1c(C(=O)N(C)Cc2ccsc2)cnn1-c1cccc(C(F)(F)F)c1. The Kier molecular flexibility index (Phi) is 4.86. The normalized spacial score (nSPS) is 11.6. The average Bonchev–Trinajstić information content (AvgIpc) is 3.23. The number of carbonyl (C=O) groups is 1. The number of benzene rings is 1. The highest BCUT2D eigenvalue weighted by molar-refractivity contribution is 7.07. The van der Waals surface area contributed by atoms with Crippen LogP contribution in [0.1, 0.15) is 27.2 Å². The summed E-state index contributed by atoms with van der Waals surface area (Å²) in [7, 11) is 1.68. The molecule has 0 unspecified atom stereocenters. The maximum Gasteiger partial charge on any atom is 0.416 e. The Morgan fingerprint density at radius 1 is 1.31 bits per heavy atom. The molecule has 0 aliphatic heterocycles. The molecule has 4 nitrogen and oxygen atoms in total. The van der Waals surface area contributed by atoms with Gasteiger partial charge in [-0.25, -0.2) is 4.68 Å². The Morgan fingerprint density at radius 3 is 2.73 bits per heavy atom. The van der Waals surface area contributed by atoms with Crippen LogP contribution in [0, 0.1) is 6.92 Å². The van der Waals surface area contributed by atoms with Crippen molar-refractivity contribution in [3.05, 3.63) is 69.7 Å². The third kappa shape index (κ3) is 3.65. The topological polar surface area (TPSA) is 38.1 Å². The number of amides is 1. The predicted molar refractivity (Wildman–Crippen MR) is 93.4 cm³/mol. The molecule has 0 spiro atoms. The van der Waals surface area contributed by atoms with Gasteiger partial charge in [-0.2, -0.15) is 29.6 Å². The number of thiophene rings is 1. The van der Waals surface area contributed by atoms with Crippen LogP contribution in [0.4, 0.5) is 13.2 Å². The second-order valence-electron chi connectivity index (χ2n) is 5.90. The van der Waals surface area contributed by atoms with E-state index in [0.29, 0.717) is 17.8 Å². The van der Waals surface area contributed by atoms with Gasteiger partial charge in [-0.3, -0.25) is 4.79 Å². The molecule has 136 valence electrons. The van der Waals surface area contributed by atoms with Crippen molar-refractivity contribution in [3.8, 4) is 5.69 Å². The highest BCUT2D eigenvalue weighted by atomic mass is 32.1. The fraction of sp³-hybridized carbons (Fsp3) is 0.222. The molecule has 0 saturated carbocycles. The highest BCUT2D eigenvalue weighted by Gasteiger charge is 2.30. The van der Waals surface area contributed by atoms with Crippen LogP contribution in [-0.2, 0) is 12.7 Å². The van der Waals surface area contributed by atoms with E-state index in [1.807, 2.05) is 16.8 Å². The summed E-state index contributed by atoms with van der Waals surface area (Å²) in [6, 6.07) is 6.81. The monoisotopic (exact) mass is 379 g/mol. The highest BCUT2D eigenvalue weighted by Crippen LogP contribution is 2.30. The van der Waals surface area contributed by atoms with Gasteiger partial charge in [-0.05, 0) is 47.5 Å². The first-order valence-electron chi connectivity index (χ1n) is 7.76. The van der Waals surface area contributed by atoms with Gasteiger partial charge in [0.25, 0.3) is 5.91 Å². The van der Waals surface area contributed by atoms with Crippen molar-refractivity contribution < 1.29 is 18.0 Å². The minimum absolute atomic E-state index is 0.230. The van der Waals surface area contributed by atoms with Crippen molar-refractivity contribution in [2.75, 3.05) is 7.05 Å². The lowest BCUT2D eigenvalue weighted by Gasteiger charge is -2.16. The minimum atomic E-state index is -4.43. The van der Waals surface area contributed by atoms with E-state index in [-0.39, 0.29) is 11.6 Å². The molecule has 0 fully saturated rings. The van der Waals surface area contributed by atoms with E-state index in [0.717, 1.165) is 17.7 Å². The maximum atomic E-state index is 12.9. The van der Waals surface area contributed by atoms with Crippen LogP contribution < -0.4 is 0 Å². The molecule has 0 saturated heterocycles. The molecular formula is C18H16F3N3OS. The second-order valence-corrected chi connectivity index (χ2v) is 6.68. The second kappa shape index (κ2) is 6.95. The predicted octanol–water partition coefficient (Wildman–Crippen LogP) is 4.53. The maximum absolute atomic E-state index is 12.9. The van der Waals surface area contributed by atoms with Crippen molar-refractivity contribution >= 4 is 17.2 Å². The molecule has 0 aliphatic carbocycles. The van der Waals surface area contributed by atoms with Gasteiger partial charge in [0.05, 0.1) is 28.7 Å². The van der Waals surface area contributed by atoms with Crippen LogP contribution in [0.25, 0.3) is 5.69 Å². The van der Waals surface area contributed by atoms with Gasteiger partial charge in [0.2, 0.25) is 0 Å². The van der Waals surface area contributed by atoms with Crippen LogP contribution in [0.15, 0.2) is 47.3 Å². The third-order valence-electron chi connectivity index (χ3n) is 4.00. The van der Waals surface area contributed by atoms with Gasteiger partial charge < -0.3 is 4.90 Å². The number of halogens is 3. The van der Waals surface area contributed by atoms with Gasteiger partial charge >= 0.3 is 6.18 Å². The quantitative estimate of drug-likeness (QED) is 0.668.